The predicted molar refractivity (Wildman–Crippen MR) is 206 cm³/mol. The summed E-state index contributed by atoms with van der Waals surface area (Å²) in [5.74, 6) is -4.83. The first-order chi connectivity index (χ1) is 26.7. The minimum absolute atomic E-state index is 0.000935. The number of carbonyl (C=O) groups excluding carboxylic acids is 5. The van der Waals surface area contributed by atoms with Gasteiger partial charge in [0.1, 0.15) is 42.4 Å². The Bertz CT molecular complexity index is 1780. The van der Waals surface area contributed by atoms with Gasteiger partial charge in [-0.25, -0.2) is 0 Å². The highest BCUT2D eigenvalue weighted by Crippen LogP contribution is 2.21. The van der Waals surface area contributed by atoms with E-state index in [1.165, 1.54) is 19.3 Å². The number of nitrogens with two attached hydrogens (primary N) is 2. The molecule has 4 atom stereocenters. The molecule has 1 heterocycles. The second-order valence-electron chi connectivity index (χ2n) is 13.3. The summed E-state index contributed by atoms with van der Waals surface area (Å²) in [6.45, 7) is 5.18. The van der Waals surface area contributed by atoms with Crippen molar-refractivity contribution in [1.82, 2.24) is 26.3 Å². The zero-order valence-corrected chi connectivity index (χ0v) is 31.8. The predicted octanol–water partition coefficient (Wildman–Crippen LogP) is 0.605. The zero-order valence-electron chi connectivity index (χ0n) is 31.8. The number of carbonyl (C=O) groups is 6. The highest BCUT2D eigenvalue weighted by Gasteiger charge is 2.31. The first kappa shape index (κ1) is 45.9. The number of rotatable bonds is 25. The molecule has 0 spiro atoms. The van der Waals surface area contributed by atoms with Crippen molar-refractivity contribution in [2.24, 2.45) is 22.5 Å². The third-order valence-electron chi connectivity index (χ3n) is 8.19. The van der Waals surface area contributed by atoms with Gasteiger partial charge in [0.25, 0.3) is 5.56 Å². The number of aromatic nitrogens is 1. The Balaban J connectivity index is 2.14. The molecule has 0 saturated heterocycles. The largest absolute Gasteiger partial charge is 0.481 e. The van der Waals surface area contributed by atoms with Gasteiger partial charge >= 0.3 is 5.97 Å². The summed E-state index contributed by atoms with van der Waals surface area (Å²) in [4.78, 5) is 95.5. The number of anilines is 2. The van der Waals surface area contributed by atoms with Crippen LogP contribution in [0.1, 0.15) is 83.3 Å². The minimum Gasteiger partial charge on any atom is -0.481 e. The van der Waals surface area contributed by atoms with Gasteiger partial charge in [-0.15, -0.1) is 0 Å². The molecule has 0 aliphatic carbocycles. The van der Waals surface area contributed by atoms with Crippen molar-refractivity contribution in [2.45, 2.75) is 96.3 Å². The van der Waals surface area contributed by atoms with Crippen molar-refractivity contribution >= 4 is 53.1 Å². The summed E-state index contributed by atoms with van der Waals surface area (Å²) >= 11 is 0. The van der Waals surface area contributed by atoms with E-state index >= 15 is 0 Å². The molecule has 5 amide bonds. The number of amides is 5. The second kappa shape index (κ2) is 24.2. The van der Waals surface area contributed by atoms with Crippen molar-refractivity contribution in [3.63, 3.8) is 0 Å². The number of H-pyrrole nitrogens is 1. The summed E-state index contributed by atoms with van der Waals surface area (Å²) in [5, 5.41) is 35.9. The number of primary amides is 1. The van der Waals surface area contributed by atoms with E-state index in [-0.39, 0.29) is 55.9 Å². The average Bonchev–Trinajstić information content (AvgIpc) is 3.14. The van der Waals surface area contributed by atoms with Gasteiger partial charge in [-0.2, -0.15) is 5.26 Å². The van der Waals surface area contributed by atoms with Crippen LogP contribution in [0.4, 0.5) is 11.4 Å². The molecule has 0 bridgehead atoms. The van der Waals surface area contributed by atoms with Crippen LogP contribution in [0.3, 0.4) is 0 Å². The van der Waals surface area contributed by atoms with Gasteiger partial charge in [-0.05, 0) is 69.5 Å². The van der Waals surface area contributed by atoms with Crippen LogP contribution in [-0.2, 0) is 33.6 Å². The third kappa shape index (κ3) is 16.4. The maximum absolute atomic E-state index is 13.6. The quantitative estimate of drug-likeness (QED) is 0.0380. The van der Waals surface area contributed by atoms with Crippen LogP contribution in [0, 0.1) is 17.2 Å². The third-order valence-corrected chi connectivity index (χ3v) is 8.19. The van der Waals surface area contributed by atoms with E-state index in [2.05, 4.69) is 36.7 Å². The van der Waals surface area contributed by atoms with Crippen LogP contribution in [0.15, 0.2) is 46.5 Å². The van der Waals surface area contributed by atoms with Gasteiger partial charge in [-0.1, -0.05) is 37.2 Å². The van der Waals surface area contributed by atoms with Crippen LogP contribution in [0.2, 0.25) is 0 Å². The van der Waals surface area contributed by atoms with Gasteiger partial charge in [-0.3, -0.25) is 33.6 Å². The highest BCUT2D eigenvalue weighted by atomic mass is 16.6. The Kier molecular flexibility index (Phi) is 19.8. The Morgan fingerprint density at radius 1 is 0.911 bits per heavy atom. The van der Waals surface area contributed by atoms with Crippen molar-refractivity contribution in [1.29, 1.82) is 5.26 Å². The topological polar surface area (TPSA) is 313 Å². The standard InChI is InChI=1S/C37H52N10O9/c1-22(2)18-30(37(55)45-27(33(40)51)14-15-31(49)50)47-36(54)29(12-7-8-16-38)46-35(53)28(43-23(3)48)13-9-17-56-42-21-24-20-41-34(52)26(19-39)32(24)44-25-10-5-4-6-11-25/h4-6,10-11,20-22,27-30H,7-9,12-18,38H2,1-3H3,(H2,40,51)(H,43,48)(H,45,55)(H,46,53)(H,47,54)(H,49,50)(H2,41,44,52)/b42-21+/t27-,28-,29-,30-/m0/s1. The molecule has 19 nitrogen and oxygen atoms in total. The number of hydrogen-bond donors (Lipinski definition) is 9. The first-order valence-electron chi connectivity index (χ1n) is 18.2. The summed E-state index contributed by atoms with van der Waals surface area (Å²) in [5.41, 5.74) is 11.5. The lowest BCUT2D eigenvalue weighted by Crippen LogP contribution is -2.58. The first-order valence-corrected chi connectivity index (χ1v) is 18.2. The van der Waals surface area contributed by atoms with Gasteiger partial charge < -0.3 is 53.0 Å². The molecular formula is C37H52N10O9. The van der Waals surface area contributed by atoms with Crippen molar-refractivity contribution in [3.8, 4) is 6.07 Å². The minimum atomic E-state index is -1.28. The number of unbranched alkanes of at least 4 members (excludes halogenated alkanes) is 1. The lowest BCUT2D eigenvalue weighted by Gasteiger charge is -2.27. The van der Waals surface area contributed by atoms with E-state index in [1.54, 1.807) is 24.3 Å². The second-order valence-corrected chi connectivity index (χ2v) is 13.3. The molecule has 0 aliphatic heterocycles. The lowest BCUT2D eigenvalue weighted by molar-refractivity contribution is -0.138. The fourth-order valence-electron chi connectivity index (χ4n) is 5.40. The molecule has 304 valence electrons. The maximum Gasteiger partial charge on any atom is 0.303 e. The molecular weight excluding hydrogens is 728 g/mol. The number of benzene rings is 1. The summed E-state index contributed by atoms with van der Waals surface area (Å²) in [6, 6.07) is 6.14. The van der Waals surface area contributed by atoms with Crippen molar-refractivity contribution < 1.29 is 38.7 Å². The van der Waals surface area contributed by atoms with Crippen LogP contribution >= 0.6 is 0 Å². The number of oxime groups is 1. The Morgan fingerprint density at radius 3 is 2.11 bits per heavy atom. The zero-order chi connectivity index (χ0) is 41.6. The molecule has 1 aromatic carbocycles. The number of pyridine rings is 1. The van der Waals surface area contributed by atoms with E-state index in [4.69, 9.17) is 21.4 Å². The molecule has 0 aliphatic rings. The van der Waals surface area contributed by atoms with Crippen LogP contribution in [0.5, 0.6) is 0 Å². The number of para-hydroxylation sites is 1. The fraction of sp³-hybridized carbons (Fsp3) is 0.486. The molecule has 11 N–H and O–H groups in total. The molecule has 0 saturated carbocycles. The molecule has 0 fully saturated rings. The lowest BCUT2D eigenvalue weighted by atomic mass is 10.0. The van der Waals surface area contributed by atoms with Crippen LogP contribution in [0.25, 0.3) is 0 Å². The monoisotopic (exact) mass is 780 g/mol. The SMILES string of the molecule is CC(=O)N[C@@H](CCCO/N=C/c1c[nH]c(=O)c(C#N)c1Nc1ccccc1)C(=O)N[C@@H](CCCCN)C(=O)N[C@@H](CC(C)C)C(=O)N[C@@H](CCC(=O)O)C(N)=O. The van der Waals surface area contributed by atoms with Gasteiger partial charge in [0, 0.05) is 30.8 Å². The van der Waals surface area contributed by atoms with E-state index in [0.29, 0.717) is 30.6 Å². The molecule has 2 aromatic rings. The molecule has 1 aromatic heterocycles. The van der Waals surface area contributed by atoms with Crippen molar-refractivity contribution in [2.75, 3.05) is 18.5 Å². The van der Waals surface area contributed by atoms with E-state index in [9.17, 15) is 38.8 Å². The van der Waals surface area contributed by atoms with Crippen molar-refractivity contribution in [3.05, 3.63) is 58.0 Å². The molecule has 56 heavy (non-hydrogen) atoms. The van der Waals surface area contributed by atoms with Gasteiger partial charge in [0.2, 0.25) is 29.5 Å². The smallest absolute Gasteiger partial charge is 0.303 e. The van der Waals surface area contributed by atoms with E-state index < -0.39 is 71.7 Å². The molecule has 19 heteroatoms. The van der Waals surface area contributed by atoms with E-state index in [1.807, 2.05) is 26.0 Å². The highest BCUT2D eigenvalue weighted by molar-refractivity contribution is 5.95. The van der Waals surface area contributed by atoms with Gasteiger partial charge in [0.15, 0.2) is 0 Å². The van der Waals surface area contributed by atoms with E-state index in [0.717, 1.165) is 0 Å². The summed E-state index contributed by atoms with van der Waals surface area (Å²) in [7, 11) is 0. The molecule has 2 rings (SSSR count). The van der Waals surface area contributed by atoms with Gasteiger partial charge in [0.05, 0.1) is 11.9 Å². The normalized spacial score (nSPS) is 13.1. The number of carboxylic acids is 1. The summed E-state index contributed by atoms with van der Waals surface area (Å²) in [6.07, 6.45) is 3.59. The fourth-order valence-corrected chi connectivity index (χ4v) is 5.40. The number of aromatic amines is 1. The number of aliphatic carboxylic acids is 1. The number of nitrogens with one attached hydrogen (secondary N) is 6. The number of carboxylic acid groups (broad SMARTS) is 1. The molecule has 0 unspecified atom stereocenters. The van der Waals surface area contributed by atoms with Crippen LogP contribution < -0.4 is 43.6 Å². The number of nitrogens with zero attached hydrogens (tertiary/aromatic N) is 2. The Labute approximate surface area is 324 Å². The molecule has 0 radical (unpaired) electrons. The van der Waals surface area contributed by atoms with Crippen LogP contribution in [-0.4, -0.2) is 89.1 Å². The average molecular weight is 781 g/mol. The Hall–Kier alpha value is -6.29. The number of hydrogen-bond acceptors (Lipinski definition) is 12. The summed E-state index contributed by atoms with van der Waals surface area (Å²) < 4.78 is 0. The number of nitriles is 1. The maximum atomic E-state index is 13.6. The Morgan fingerprint density at radius 2 is 1.52 bits per heavy atom.